The maximum absolute atomic E-state index is 12.8. The van der Waals surface area contributed by atoms with E-state index in [4.69, 9.17) is 0 Å². The summed E-state index contributed by atoms with van der Waals surface area (Å²) in [7, 11) is 0. The van der Waals surface area contributed by atoms with Crippen LogP contribution in [0.4, 0.5) is 5.69 Å². The van der Waals surface area contributed by atoms with Crippen LogP contribution in [0, 0.1) is 25.2 Å². The van der Waals surface area contributed by atoms with Crippen LogP contribution in [0.2, 0.25) is 0 Å². The number of nitrogens with one attached hydrogen (secondary N) is 2. The van der Waals surface area contributed by atoms with E-state index in [0.29, 0.717) is 6.42 Å². The van der Waals surface area contributed by atoms with Gasteiger partial charge in [-0.05, 0) is 49.8 Å². The van der Waals surface area contributed by atoms with Gasteiger partial charge in [-0.1, -0.05) is 51.1 Å². The molecule has 2 atom stereocenters. The minimum Gasteiger partial charge on any atom is -0.325 e. The average molecular weight is 404 g/mol. The molecule has 0 spiro atoms. The molecule has 1 aliphatic heterocycles. The van der Waals surface area contributed by atoms with Crippen molar-refractivity contribution in [3.05, 3.63) is 29.3 Å². The molecular formula is C21H29N3O3S. The third-order valence-electron chi connectivity index (χ3n) is 5.55. The molecule has 0 saturated heterocycles. The fraction of sp³-hybridized carbons (Fsp3) is 0.524. The molecule has 2 unspecified atom stereocenters. The Balaban J connectivity index is 2.05. The van der Waals surface area contributed by atoms with Crippen LogP contribution in [-0.4, -0.2) is 28.6 Å². The maximum Gasteiger partial charge on any atom is 0.264 e. The van der Waals surface area contributed by atoms with Gasteiger partial charge in [-0.2, -0.15) is 4.99 Å². The monoisotopic (exact) mass is 403 g/mol. The number of carbonyl (C=O) groups is 3. The second-order valence-electron chi connectivity index (χ2n) is 7.28. The predicted molar refractivity (Wildman–Crippen MR) is 114 cm³/mol. The van der Waals surface area contributed by atoms with Crippen molar-refractivity contribution in [3.63, 3.8) is 0 Å². The van der Waals surface area contributed by atoms with E-state index < -0.39 is 11.3 Å². The number of carbonyl (C=O) groups excluding carboxylic acids is 3. The Morgan fingerprint density at radius 1 is 1.29 bits per heavy atom. The van der Waals surface area contributed by atoms with E-state index in [2.05, 4.69) is 15.6 Å². The van der Waals surface area contributed by atoms with E-state index in [1.165, 1.54) is 0 Å². The van der Waals surface area contributed by atoms with Gasteiger partial charge < -0.3 is 10.6 Å². The lowest BCUT2D eigenvalue weighted by molar-refractivity contribution is -0.145. The number of anilines is 1. The molecule has 28 heavy (non-hydrogen) atoms. The smallest absolute Gasteiger partial charge is 0.264 e. The largest absolute Gasteiger partial charge is 0.325 e. The zero-order valence-corrected chi connectivity index (χ0v) is 18.0. The summed E-state index contributed by atoms with van der Waals surface area (Å²) in [6.45, 7) is 9.73. The molecular weight excluding hydrogens is 374 g/mol. The first kappa shape index (κ1) is 22.1. The van der Waals surface area contributed by atoms with Crippen LogP contribution < -0.4 is 10.6 Å². The number of thioether (sulfide) groups is 1. The summed E-state index contributed by atoms with van der Waals surface area (Å²) in [5.74, 6) is -0.957. The van der Waals surface area contributed by atoms with Gasteiger partial charge >= 0.3 is 0 Å². The van der Waals surface area contributed by atoms with Crippen molar-refractivity contribution in [3.8, 4) is 0 Å². The Morgan fingerprint density at radius 2 is 2.00 bits per heavy atom. The Morgan fingerprint density at radius 3 is 2.61 bits per heavy atom. The molecule has 0 saturated carbocycles. The molecule has 1 aliphatic rings. The summed E-state index contributed by atoms with van der Waals surface area (Å²) >= 11 is 1.06. The number of amides is 3. The molecule has 6 nitrogen and oxygen atoms in total. The molecule has 2 rings (SSSR count). The Hall–Kier alpha value is -2.15. The van der Waals surface area contributed by atoms with Gasteiger partial charge in [-0.15, -0.1) is 0 Å². The van der Waals surface area contributed by atoms with Crippen LogP contribution >= 0.6 is 11.8 Å². The SMILES string of the molecule is CCCC(C)C1(CC)C(=O)N=C(SCC(=O)Nc2cccc(C)c2C)NC1=O. The summed E-state index contributed by atoms with van der Waals surface area (Å²) in [6, 6.07) is 5.72. The normalized spacial score (nSPS) is 20.4. The van der Waals surface area contributed by atoms with Crippen molar-refractivity contribution >= 4 is 40.3 Å². The highest BCUT2D eigenvalue weighted by atomic mass is 32.2. The fourth-order valence-electron chi connectivity index (χ4n) is 3.58. The molecule has 1 heterocycles. The van der Waals surface area contributed by atoms with Crippen LogP contribution in [-0.2, 0) is 14.4 Å². The van der Waals surface area contributed by atoms with Gasteiger partial charge in [0.25, 0.3) is 5.91 Å². The van der Waals surface area contributed by atoms with Gasteiger partial charge in [-0.3, -0.25) is 14.4 Å². The van der Waals surface area contributed by atoms with Gasteiger partial charge in [-0.25, -0.2) is 0 Å². The summed E-state index contributed by atoms with van der Waals surface area (Å²) < 4.78 is 0. The molecule has 0 aliphatic carbocycles. The van der Waals surface area contributed by atoms with Crippen molar-refractivity contribution in [1.82, 2.24) is 5.32 Å². The van der Waals surface area contributed by atoms with Crippen molar-refractivity contribution < 1.29 is 14.4 Å². The minimum atomic E-state index is -1.11. The number of hydrogen-bond donors (Lipinski definition) is 2. The van der Waals surface area contributed by atoms with Gasteiger partial charge in [0.2, 0.25) is 11.8 Å². The molecule has 0 radical (unpaired) electrons. The predicted octanol–water partition coefficient (Wildman–Crippen LogP) is 3.82. The van der Waals surface area contributed by atoms with Crippen LogP contribution in [0.25, 0.3) is 0 Å². The number of aryl methyl sites for hydroxylation is 1. The van der Waals surface area contributed by atoms with Crippen molar-refractivity contribution in [1.29, 1.82) is 0 Å². The van der Waals surface area contributed by atoms with E-state index in [0.717, 1.165) is 41.4 Å². The Kier molecular flexibility index (Phi) is 7.41. The Bertz CT molecular complexity index is 806. The van der Waals surface area contributed by atoms with E-state index in [9.17, 15) is 14.4 Å². The lowest BCUT2D eigenvalue weighted by atomic mass is 9.70. The summed E-state index contributed by atoms with van der Waals surface area (Å²) in [6.07, 6.45) is 2.09. The molecule has 0 fully saturated rings. The zero-order valence-electron chi connectivity index (χ0n) is 17.2. The van der Waals surface area contributed by atoms with Gasteiger partial charge in [0.05, 0.1) is 5.75 Å². The molecule has 7 heteroatoms. The van der Waals surface area contributed by atoms with Crippen molar-refractivity contribution in [2.45, 2.75) is 53.9 Å². The number of benzene rings is 1. The minimum absolute atomic E-state index is 0.0589. The second-order valence-corrected chi connectivity index (χ2v) is 8.24. The zero-order chi connectivity index (χ0) is 20.9. The lowest BCUT2D eigenvalue weighted by Crippen LogP contribution is -2.54. The van der Waals surface area contributed by atoms with Crippen LogP contribution in [0.5, 0.6) is 0 Å². The second kappa shape index (κ2) is 9.37. The fourth-order valence-corrected chi connectivity index (χ4v) is 4.23. The molecule has 152 valence electrons. The summed E-state index contributed by atoms with van der Waals surface area (Å²) in [5.41, 5.74) is 1.75. The number of aliphatic imine (C=N–C) groups is 1. The van der Waals surface area contributed by atoms with E-state index in [1.54, 1.807) is 0 Å². The van der Waals surface area contributed by atoms with Crippen LogP contribution in [0.1, 0.15) is 51.2 Å². The standard InChI is InChI=1S/C21H29N3O3S/c1-6-9-14(4)21(7-2)18(26)23-20(24-19(21)27)28-12-17(25)22-16-11-8-10-13(3)15(16)5/h8,10-11,14H,6-7,9,12H2,1-5H3,(H,22,25)(H,23,24,26,27). The number of amidine groups is 1. The number of rotatable bonds is 7. The lowest BCUT2D eigenvalue weighted by Gasteiger charge is -2.36. The van der Waals surface area contributed by atoms with E-state index >= 15 is 0 Å². The van der Waals surface area contributed by atoms with E-state index in [1.807, 2.05) is 52.8 Å². The summed E-state index contributed by atoms with van der Waals surface area (Å²) in [4.78, 5) is 41.9. The molecule has 1 aromatic carbocycles. The molecule has 3 amide bonds. The highest BCUT2D eigenvalue weighted by Crippen LogP contribution is 2.38. The van der Waals surface area contributed by atoms with E-state index in [-0.39, 0.29) is 28.7 Å². The van der Waals surface area contributed by atoms with Gasteiger partial charge in [0, 0.05) is 5.69 Å². The van der Waals surface area contributed by atoms with Crippen molar-refractivity contribution in [2.24, 2.45) is 16.3 Å². The highest BCUT2D eigenvalue weighted by Gasteiger charge is 2.51. The quantitative estimate of drug-likeness (QED) is 0.678. The third-order valence-corrected chi connectivity index (χ3v) is 6.42. The highest BCUT2D eigenvalue weighted by molar-refractivity contribution is 8.14. The first-order chi connectivity index (χ1) is 13.3. The van der Waals surface area contributed by atoms with Crippen molar-refractivity contribution in [2.75, 3.05) is 11.1 Å². The number of hydrogen-bond acceptors (Lipinski definition) is 4. The molecule has 0 bridgehead atoms. The third kappa shape index (κ3) is 4.46. The first-order valence-corrected chi connectivity index (χ1v) is 10.7. The van der Waals surface area contributed by atoms with Gasteiger partial charge in [0.15, 0.2) is 5.17 Å². The Labute approximate surface area is 171 Å². The molecule has 1 aromatic rings. The summed E-state index contributed by atoms with van der Waals surface area (Å²) in [5, 5.41) is 5.80. The maximum atomic E-state index is 12.8. The average Bonchev–Trinajstić information content (AvgIpc) is 2.64. The van der Waals surface area contributed by atoms with Gasteiger partial charge in [0.1, 0.15) is 5.41 Å². The topological polar surface area (TPSA) is 87.6 Å². The number of nitrogens with zero attached hydrogens (tertiary/aromatic N) is 1. The van der Waals surface area contributed by atoms with Crippen LogP contribution in [0.15, 0.2) is 23.2 Å². The molecule has 2 N–H and O–H groups in total. The van der Waals surface area contributed by atoms with Crippen LogP contribution in [0.3, 0.4) is 0 Å². The first-order valence-electron chi connectivity index (χ1n) is 9.69. The molecule has 0 aromatic heterocycles.